The minimum Gasteiger partial charge on any atom is -0.494 e. The van der Waals surface area contributed by atoms with Crippen molar-refractivity contribution in [3.63, 3.8) is 0 Å². The zero-order chi connectivity index (χ0) is 16.5. The Hall–Kier alpha value is -2.03. The molecule has 1 aromatic carbocycles. The van der Waals surface area contributed by atoms with Gasteiger partial charge in [0.15, 0.2) is 5.96 Å². The van der Waals surface area contributed by atoms with Crippen molar-refractivity contribution in [1.82, 2.24) is 4.98 Å². The molecule has 3 N–H and O–H groups in total. The summed E-state index contributed by atoms with van der Waals surface area (Å²) < 4.78 is 11.1. The summed E-state index contributed by atoms with van der Waals surface area (Å²) in [5.41, 5.74) is 7.53. The van der Waals surface area contributed by atoms with E-state index in [1.807, 2.05) is 50.2 Å². The maximum absolute atomic E-state index is 5.96. The van der Waals surface area contributed by atoms with Gasteiger partial charge in [0.1, 0.15) is 11.5 Å². The molecule has 1 aromatic heterocycles. The van der Waals surface area contributed by atoms with Gasteiger partial charge in [0.2, 0.25) is 0 Å². The SMILES string of the molecule is CCOc1ccc(OCC)c(NC(N)=NCc2ccccn2)c1.I. The summed E-state index contributed by atoms with van der Waals surface area (Å²) in [6.07, 6.45) is 1.73. The Morgan fingerprint density at radius 3 is 2.62 bits per heavy atom. The van der Waals surface area contributed by atoms with E-state index in [0.29, 0.717) is 31.5 Å². The number of aromatic nitrogens is 1. The van der Waals surface area contributed by atoms with Gasteiger partial charge in [-0.2, -0.15) is 0 Å². The molecular formula is C17H23IN4O2. The summed E-state index contributed by atoms with van der Waals surface area (Å²) >= 11 is 0. The fourth-order valence-corrected chi connectivity index (χ4v) is 1.98. The fourth-order valence-electron chi connectivity index (χ4n) is 1.98. The standard InChI is InChI=1S/C17H22N4O2.HI/c1-3-22-14-8-9-16(23-4-2)15(11-14)21-17(18)20-12-13-7-5-6-10-19-13;/h5-11H,3-4,12H2,1-2H3,(H3,18,20,21);1H. The van der Waals surface area contributed by atoms with Crippen LogP contribution in [-0.4, -0.2) is 24.2 Å². The number of rotatable bonds is 7. The Bertz CT molecular complexity index is 650. The van der Waals surface area contributed by atoms with Gasteiger partial charge in [-0.15, -0.1) is 24.0 Å². The second-order valence-electron chi connectivity index (χ2n) is 4.67. The molecule has 0 amide bonds. The Balaban J connectivity index is 0.00000288. The van der Waals surface area contributed by atoms with Gasteiger partial charge in [-0.05, 0) is 38.1 Å². The van der Waals surface area contributed by atoms with Crippen LogP contribution in [0.5, 0.6) is 11.5 Å². The van der Waals surface area contributed by atoms with Crippen LogP contribution in [0.15, 0.2) is 47.6 Å². The second kappa shape index (κ2) is 10.7. The number of guanidine groups is 1. The lowest BCUT2D eigenvalue weighted by molar-refractivity contribution is 0.332. The third kappa shape index (κ3) is 6.23. The van der Waals surface area contributed by atoms with Crippen LogP contribution >= 0.6 is 24.0 Å². The van der Waals surface area contributed by atoms with Gasteiger partial charge in [0.25, 0.3) is 0 Å². The zero-order valence-electron chi connectivity index (χ0n) is 13.9. The van der Waals surface area contributed by atoms with E-state index in [2.05, 4.69) is 15.3 Å². The van der Waals surface area contributed by atoms with Crippen molar-refractivity contribution < 1.29 is 9.47 Å². The molecule has 0 saturated heterocycles. The lowest BCUT2D eigenvalue weighted by Crippen LogP contribution is -2.23. The number of pyridine rings is 1. The first-order valence-electron chi connectivity index (χ1n) is 7.59. The van der Waals surface area contributed by atoms with Gasteiger partial charge >= 0.3 is 0 Å². The van der Waals surface area contributed by atoms with Crippen LogP contribution < -0.4 is 20.5 Å². The van der Waals surface area contributed by atoms with E-state index in [-0.39, 0.29) is 24.0 Å². The van der Waals surface area contributed by atoms with Gasteiger partial charge in [0, 0.05) is 12.3 Å². The molecule has 130 valence electrons. The first-order valence-corrected chi connectivity index (χ1v) is 7.59. The molecule has 0 aliphatic heterocycles. The van der Waals surface area contributed by atoms with Crippen LogP contribution in [0.2, 0.25) is 0 Å². The van der Waals surface area contributed by atoms with Gasteiger partial charge in [-0.25, -0.2) is 4.99 Å². The maximum Gasteiger partial charge on any atom is 0.193 e. The molecule has 0 bridgehead atoms. The normalized spacial score (nSPS) is 10.7. The molecule has 0 aliphatic carbocycles. The predicted octanol–water partition coefficient (Wildman–Crippen LogP) is 3.42. The third-order valence-electron chi connectivity index (χ3n) is 2.96. The number of nitrogens with one attached hydrogen (secondary N) is 1. The van der Waals surface area contributed by atoms with Gasteiger partial charge in [0.05, 0.1) is 31.1 Å². The van der Waals surface area contributed by atoms with Crippen LogP contribution in [-0.2, 0) is 6.54 Å². The highest BCUT2D eigenvalue weighted by Gasteiger charge is 2.07. The third-order valence-corrected chi connectivity index (χ3v) is 2.96. The lowest BCUT2D eigenvalue weighted by atomic mass is 10.2. The van der Waals surface area contributed by atoms with Gasteiger partial charge in [-0.3, -0.25) is 4.98 Å². The van der Waals surface area contributed by atoms with E-state index in [1.165, 1.54) is 0 Å². The molecule has 0 unspecified atom stereocenters. The number of nitrogens with two attached hydrogens (primary N) is 1. The largest absolute Gasteiger partial charge is 0.494 e. The average Bonchev–Trinajstić information content (AvgIpc) is 2.57. The second-order valence-corrected chi connectivity index (χ2v) is 4.67. The first-order chi connectivity index (χ1) is 11.2. The summed E-state index contributed by atoms with van der Waals surface area (Å²) in [7, 11) is 0. The van der Waals surface area contributed by atoms with Crippen molar-refractivity contribution >= 4 is 35.6 Å². The topological polar surface area (TPSA) is 81.8 Å². The number of benzene rings is 1. The zero-order valence-corrected chi connectivity index (χ0v) is 16.2. The van der Waals surface area contributed by atoms with Crippen LogP contribution in [0.4, 0.5) is 5.69 Å². The van der Waals surface area contributed by atoms with Crippen molar-refractivity contribution in [2.24, 2.45) is 10.7 Å². The molecule has 0 aliphatic rings. The molecule has 6 nitrogen and oxygen atoms in total. The molecular weight excluding hydrogens is 419 g/mol. The predicted molar refractivity (Wildman–Crippen MR) is 107 cm³/mol. The summed E-state index contributed by atoms with van der Waals surface area (Å²) in [5.74, 6) is 1.74. The monoisotopic (exact) mass is 442 g/mol. The highest BCUT2D eigenvalue weighted by molar-refractivity contribution is 14.0. The highest BCUT2D eigenvalue weighted by Crippen LogP contribution is 2.29. The van der Waals surface area contributed by atoms with Crippen molar-refractivity contribution in [3.05, 3.63) is 48.3 Å². The Labute approximate surface area is 159 Å². The minimum absolute atomic E-state index is 0. The number of aliphatic imine (C=N–C) groups is 1. The quantitative estimate of drug-likeness (QED) is 0.390. The first kappa shape index (κ1) is 20.0. The van der Waals surface area contributed by atoms with E-state index in [1.54, 1.807) is 6.20 Å². The molecule has 0 fully saturated rings. The molecule has 0 radical (unpaired) electrons. The number of ether oxygens (including phenoxy) is 2. The van der Waals surface area contributed by atoms with E-state index in [0.717, 1.165) is 17.1 Å². The summed E-state index contributed by atoms with van der Waals surface area (Å²) in [4.78, 5) is 8.50. The van der Waals surface area contributed by atoms with Crippen molar-refractivity contribution in [2.75, 3.05) is 18.5 Å². The van der Waals surface area contributed by atoms with Crippen LogP contribution in [0.3, 0.4) is 0 Å². The molecule has 2 aromatic rings. The van der Waals surface area contributed by atoms with E-state index >= 15 is 0 Å². The Morgan fingerprint density at radius 2 is 1.96 bits per heavy atom. The lowest BCUT2D eigenvalue weighted by Gasteiger charge is -2.13. The average molecular weight is 442 g/mol. The van der Waals surface area contributed by atoms with Crippen LogP contribution in [0.1, 0.15) is 19.5 Å². The Morgan fingerprint density at radius 1 is 1.17 bits per heavy atom. The summed E-state index contributed by atoms with van der Waals surface area (Å²) in [6.45, 7) is 5.43. The number of anilines is 1. The van der Waals surface area contributed by atoms with Gasteiger partial charge in [-0.1, -0.05) is 6.07 Å². The molecule has 0 atom stereocenters. The molecule has 24 heavy (non-hydrogen) atoms. The van der Waals surface area contributed by atoms with E-state index < -0.39 is 0 Å². The highest BCUT2D eigenvalue weighted by atomic mass is 127. The number of hydrogen-bond donors (Lipinski definition) is 2. The van der Waals surface area contributed by atoms with Crippen molar-refractivity contribution in [3.8, 4) is 11.5 Å². The molecule has 0 saturated carbocycles. The fraction of sp³-hybridized carbons (Fsp3) is 0.294. The van der Waals surface area contributed by atoms with E-state index in [9.17, 15) is 0 Å². The number of hydrogen-bond acceptors (Lipinski definition) is 4. The van der Waals surface area contributed by atoms with Crippen LogP contribution in [0.25, 0.3) is 0 Å². The van der Waals surface area contributed by atoms with E-state index in [4.69, 9.17) is 15.2 Å². The molecule has 0 spiro atoms. The van der Waals surface area contributed by atoms with Gasteiger partial charge < -0.3 is 20.5 Å². The molecule has 7 heteroatoms. The Kier molecular flexibility index (Phi) is 8.92. The van der Waals surface area contributed by atoms with Crippen molar-refractivity contribution in [2.45, 2.75) is 20.4 Å². The smallest absolute Gasteiger partial charge is 0.193 e. The summed E-state index contributed by atoms with van der Waals surface area (Å²) in [6, 6.07) is 11.2. The summed E-state index contributed by atoms with van der Waals surface area (Å²) in [5, 5.41) is 3.06. The van der Waals surface area contributed by atoms with Crippen molar-refractivity contribution in [1.29, 1.82) is 0 Å². The minimum atomic E-state index is 0. The maximum atomic E-state index is 5.96. The molecule has 2 rings (SSSR count). The molecule has 1 heterocycles. The number of nitrogens with zero attached hydrogens (tertiary/aromatic N) is 2. The number of halogens is 1. The van der Waals surface area contributed by atoms with Crippen LogP contribution in [0, 0.1) is 0 Å².